The highest BCUT2D eigenvalue weighted by Crippen LogP contribution is 2.34. The molecule has 2 fully saturated rings. The molecular formula is C16H18FNO4. The zero-order valence-electron chi connectivity index (χ0n) is 12.3. The third-order valence-electron chi connectivity index (χ3n) is 4.44. The van der Waals surface area contributed by atoms with Crippen molar-refractivity contribution in [2.45, 2.75) is 37.5 Å². The van der Waals surface area contributed by atoms with Crippen LogP contribution in [0.3, 0.4) is 0 Å². The zero-order chi connectivity index (χ0) is 15.7. The number of hydrogen-bond acceptors (Lipinski definition) is 5. The van der Waals surface area contributed by atoms with Crippen LogP contribution in [-0.4, -0.2) is 37.2 Å². The van der Waals surface area contributed by atoms with Gasteiger partial charge >= 0.3 is 11.9 Å². The molecule has 1 aromatic carbocycles. The van der Waals surface area contributed by atoms with Gasteiger partial charge in [-0.2, -0.15) is 0 Å². The van der Waals surface area contributed by atoms with Crippen molar-refractivity contribution in [3.05, 3.63) is 35.6 Å². The smallest absolute Gasteiger partial charge is 0.338 e. The summed E-state index contributed by atoms with van der Waals surface area (Å²) in [5, 5.41) is 3.36. The van der Waals surface area contributed by atoms with Crippen molar-refractivity contribution in [2.24, 2.45) is 5.92 Å². The van der Waals surface area contributed by atoms with Gasteiger partial charge in [-0.3, -0.25) is 4.79 Å². The van der Waals surface area contributed by atoms with Crippen molar-refractivity contribution in [1.82, 2.24) is 5.32 Å². The average molecular weight is 307 g/mol. The summed E-state index contributed by atoms with van der Waals surface area (Å²) in [6.45, 7) is 0. The second-order valence-electron chi connectivity index (χ2n) is 5.78. The summed E-state index contributed by atoms with van der Waals surface area (Å²) in [4.78, 5) is 24.2. The lowest BCUT2D eigenvalue weighted by molar-refractivity contribution is -0.152. The minimum atomic E-state index is -0.541. The summed E-state index contributed by atoms with van der Waals surface area (Å²) in [5.41, 5.74) is 0.274. The van der Waals surface area contributed by atoms with Gasteiger partial charge in [0.2, 0.25) is 0 Å². The van der Waals surface area contributed by atoms with E-state index in [9.17, 15) is 14.0 Å². The van der Waals surface area contributed by atoms with E-state index in [4.69, 9.17) is 9.47 Å². The number of carbonyl (C=O) groups is 2. The van der Waals surface area contributed by atoms with E-state index >= 15 is 0 Å². The number of rotatable bonds is 3. The van der Waals surface area contributed by atoms with E-state index < -0.39 is 23.8 Å². The largest absolute Gasteiger partial charge is 0.469 e. The quantitative estimate of drug-likeness (QED) is 0.861. The maximum Gasteiger partial charge on any atom is 0.338 e. The lowest BCUT2D eigenvalue weighted by Gasteiger charge is -2.35. The predicted octanol–water partition coefficient (Wildman–Crippen LogP) is 1.66. The van der Waals surface area contributed by atoms with Crippen LogP contribution >= 0.6 is 0 Å². The van der Waals surface area contributed by atoms with Crippen LogP contribution in [0.15, 0.2) is 24.3 Å². The molecule has 0 amide bonds. The predicted molar refractivity (Wildman–Crippen MR) is 75.7 cm³/mol. The number of ether oxygens (including phenoxy) is 2. The van der Waals surface area contributed by atoms with Gasteiger partial charge in [0.25, 0.3) is 0 Å². The molecule has 0 radical (unpaired) electrons. The molecule has 2 aliphatic rings. The molecule has 22 heavy (non-hydrogen) atoms. The summed E-state index contributed by atoms with van der Waals surface area (Å²) in [6, 6.07) is 5.41. The Labute approximate surface area is 127 Å². The van der Waals surface area contributed by atoms with E-state index in [2.05, 4.69) is 5.32 Å². The Morgan fingerprint density at radius 1 is 1.23 bits per heavy atom. The molecule has 4 atom stereocenters. The maximum absolute atomic E-state index is 12.9. The van der Waals surface area contributed by atoms with Gasteiger partial charge in [0, 0.05) is 18.5 Å². The van der Waals surface area contributed by atoms with Crippen LogP contribution in [-0.2, 0) is 14.3 Å². The normalized spacial score (nSPS) is 29.9. The topological polar surface area (TPSA) is 64.6 Å². The fraction of sp³-hybridized carbons (Fsp3) is 0.500. The maximum atomic E-state index is 12.9. The molecule has 2 saturated heterocycles. The van der Waals surface area contributed by atoms with E-state index in [0.717, 1.165) is 12.8 Å². The molecule has 6 heteroatoms. The van der Waals surface area contributed by atoms with Crippen LogP contribution in [0.4, 0.5) is 4.39 Å². The Morgan fingerprint density at radius 3 is 2.64 bits per heavy atom. The molecule has 1 aromatic rings. The Kier molecular flexibility index (Phi) is 4.11. The van der Waals surface area contributed by atoms with Gasteiger partial charge in [0.1, 0.15) is 17.8 Å². The number of carbonyl (C=O) groups excluding carboxylic acids is 2. The molecule has 0 saturated carbocycles. The first-order valence-corrected chi connectivity index (χ1v) is 7.39. The van der Waals surface area contributed by atoms with Gasteiger partial charge in [-0.05, 0) is 37.1 Å². The van der Waals surface area contributed by atoms with Crippen molar-refractivity contribution in [1.29, 1.82) is 0 Å². The third kappa shape index (κ3) is 2.83. The summed E-state index contributed by atoms with van der Waals surface area (Å²) in [7, 11) is 1.34. The van der Waals surface area contributed by atoms with E-state index in [-0.39, 0.29) is 23.6 Å². The third-order valence-corrected chi connectivity index (χ3v) is 4.44. The summed E-state index contributed by atoms with van der Waals surface area (Å²) in [6.07, 6.45) is 1.91. The monoisotopic (exact) mass is 307 g/mol. The molecule has 3 rings (SSSR count). The standard InChI is InChI=1S/C16H18FNO4/c1-21-16(20)14-12-7-6-11(18-12)8-13(14)22-15(19)9-2-4-10(17)5-3-9/h2-5,11-14,18H,6-8H2,1H3/t11-,12+,13-,14+/m0/s1. The number of esters is 2. The SMILES string of the molecule is COC(=O)[C@H]1[C@@H](OC(=O)c2ccc(F)cc2)C[C@@H]2CC[C@H]1N2. The van der Waals surface area contributed by atoms with Gasteiger partial charge in [0.15, 0.2) is 0 Å². The first-order valence-electron chi connectivity index (χ1n) is 7.39. The number of hydrogen-bond donors (Lipinski definition) is 1. The number of methoxy groups -OCH3 is 1. The zero-order valence-corrected chi connectivity index (χ0v) is 12.3. The van der Waals surface area contributed by atoms with Gasteiger partial charge < -0.3 is 14.8 Å². The average Bonchev–Trinajstić information content (AvgIpc) is 2.89. The highest BCUT2D eigenvalue weighted by atomic mass is 19.1. The molecule has 0 spiro atoms. The molecular weight excluding hydrogens is 289 g/mol. The molecule has 2 heterocycles. The van der Waals surface area contributed by atoms with Crippen molar-refractivity contribution in [3.63, 3.8) is 0 Å². The van der Waals surface area contributed by atoms with Gasteiger partial charge in [-0.15, -0.1) is 0 Å². The first-order chi connectivity index (χ1) is 10.6. The Hall–Kier alpha value is -1.95. The first kappa shape index (κ1) is 15.0. The van der Waals surface area contributed by atoms with Crippen molar-refractivity contribution in [3.8, 4) is 0 Å². The van der Waals surface area contributed by atoms with Gasteiger partial charge in [0.05, 0.1) is 12.7 Å². The number of halogens is 1. The van der Waals surface area contributed by atoms with Crippen molar-refractivity contribution >= 4 is 11.9 Å². The second-order valence-corrected chi connectivity index (χ2v) is 5.78. The molecule has 2 bridgehead atoms. The van der Waals surface area contributed by atoms with Crippen LogP contribution in [0.1, 0.15) is 29.6 Å². The van der Waals surface area contributed by atoms with Crippen LogP contribution in [0.2, 0.25) is 0 Å². The minimum absolute atomic E-state index is 0.0165. The second kappa shape index (κ2) is 6.04. The van der Waals surface area contributed by atoms with E-state index in [0.29, 0.717) is 6.42 Å². The Bertz CT molecular complexity index is 574. The van der Waals surface area contributed by atoms with Gasteiger partial charge in [-0.25, -0.2) is 9.18 Å². The van der Waals surface area contributed by atoms with Crippen LogP contribution in [0.5, 0.6) is 0 Å². The van der Waals surface area contributed by atoms with Gasteiger partial charge in [-0.1, -0.05) is 0 Å². The van der Waals surface area contributed by atoms with Crippen molar-refractivity contribution in [2.75, 3.05) is 7.11 Å². The molecule has 5 nitrogen and oxygen atoms in total. The van der Waals surface area contributed by atoms with Crippen molar-refractivity contribution < 1.29 is 23.5 Å². The number of benzene rings is 1. The molecule has 1 N–H and O–H groups in total. The summed E-state index contributed by atoms with van der Waals surface area (Å²) >= 11 is 0. The Morgan fingerprint density at radius 2 is 1.95 bits per heavy atom. The molecule has 0 unspecified atom stereocenters. The molecule has 118 valence electrons. The van der Waals surface area contributed by atoms with Crippen LogP contribution in [0.25, 0.3) is 0 Å². The number of fused-ring (bicyclic) bond motifs is 2. The number of piperidine rings is 1. The summed E-state index contributed by atoms with van der Waals surface area (Å²) in [5.74, 6) is -1.81. The van der Waals surface area contributed by atoms with E-state index in [1.54, 1.807) is 0 Å². The Balaban J connectivity index is 1.75. The van der Waals surface area contributed by atoms with E-state index in [1.165, 1.54) is 31.4 Å². The minimum Gasteiger partial charge on any atom is -0.469 e. The highest BCUT2D eigenvalue weighted by Gasteiger charge is 2.47. The molecule has 0 aliphatic carbocycles. The number of nitrogens with one attached hydrogen (secondary N) is 1. The van der Waals surface area contributed by atoms with Crippen LogP contribution < -0.4 is 5.32 Å². The van der Waals surface area contributed by atoms with E-state index in [1.807, 2.05) is 0 Å². The molecule has 0 aromatic heterocycles. The fourth-order valence-corrected chi connectivity index (χ4v) is 3.37. The molecule has 2 aliphatic heterocycles. The van der Waals surface area contributed by atoms with Crippen LogP contribution in [0, 0.1) is 11.7 Å². The summed E-state index contributed by atoms with van der Waals surface area (Å²) < 4.78 is 23.3. The lowest BCUT2D eigenvalue weighted by atomic mass is 9.89. The fourth-order valence-electron chi connectivity index (χ4n) is 3.37. The highest BCUT2D eigenvalue weighted by molar-refractivity contribution is 5.89. The lowest BCUT2D eigenvalue weighted by Crippen LogP contribution is -2.53.